The molecule has 6 aromatic rings. The molecule has 0 saturated heterocycles. The predicted molar refractivity (Wildman–Crippen MR) is 359 cm³/mol. The molecule has 0 heterocycles. The summed E-state index contributed by atoms with van der Waals surface area (Å²) in [5.41, 5.74) is 5.58. The van der Waals surface area contributed by atoms with Crippen LogP contribution in [0.4, 0.5) is 0 Å². The van der Waals surface area contributed by atoms with Crippen LogP contribution in [0.25, 0.3) is 0 Å². The fourth-order valence-corrected chi connectivity index (χ4v) is 76.4. The van der Waals surface area contributed by atoms with Crippen LogP contribution in [0.15, 0.2) is 182 Å². The number of carbonyl (C=O) groups is 1. The zero-order chi connectivity index (χ0) is 62.7. The van der Waals surface area contributed by atoms with Gasteiger partial charge in [-0.05, 0) is 0 Å². The van der Waals surface area contributed by atoms with Crippen LogP contribution in [-0.2, 0) is 48.2 Å². The van der Waals surface area contributed by atoms with Gasteiger partial charge in [0, 0.05) is 5.75 Å². The van der Waals surface area contributed by atoms with Crippen LogP contribution in [0.2, 0.25) is 26.6 Å². The Morgan fingerprint density at radius 1 is 0.353 bits per heavy atom. The summed E-state index contributed by atoms with van der Waals surface area (Å²) in [7, 11) is 0. The first kappa shape index (κ1) is 72.2. The third-order valence-electron chi connectivity index (χ3n) is 17.7. The van der Waals surface area contributed by atoms with Gasteiger partial charge in [-0.1, -0.05) is 0 Å². The van der Waals surface area contributed by atoms with Crippen molar-refractivity contribution in [1.29, 1.82) is 0 Å². The number of carbonyl (C=O) groups excluding carboxylic acids is 1. The first-order valence-corrected chi connectivity index (χ1v) is 45.5. The van der Waals surface area contributed by atoms with E-state index in [1.165, 1.54) is 33.4 Å². The summed E-state index contributed by atoms with van der Waals surface area (Å²) < 4.78 is 26.3. The van der Waals surface area contributed by atoms with E-state index in [-0.39, 0.29) is 58.7 Å². The van der Waals surface area contributed by atoms with Gasteiger partial charge in [-0.25, -0.2) is 0 Å². The molecule has 0 atom stereocenters. The zero-order valence-corrected chi connectivity index (χ0v) is 60.1. The van der Waals surface area contributed by atoms with Gasteiger partial charge >= 0.3 is 403 Å². The number of aliphatic hydroxyl groups is 5. The van der Waals surface area contributed by atoms with Gasteiger partial charge in [0.05, 0.1) is 63.5 Å². The molecule has 6 rings (SSSR count). The Bertz CT molecular complexity index is 2420. The van der Waals surface area contributed by atoms with Crippen LogP contribution in [0.1, 0.15) is 123 Å². The van der Waals surface area contributed by atoms with Gasteiger partial charge in [0.15, 0.2) is 0 Å². The smallest absolute Gasteiger partial charge is 0.306 e. The Hall–Kier alpha value is -3.54. The summed E-state index contributed by atoms with van der Waals surface area (Å²) in [5.74, 6) is -0.177. The Kier molecular flexibility index (Phi) is 27.0. The van der Waals surface area contributed by atoms with Gasteiger partial charge in [-0.15, -0.1) is 0 Å². The molecule has 0 fully saturated rings. The SMILES string of the molecule is CC(C)([CH2][Sn]([CH2]C(C)(C)c1ccccc1)([CH2]C(C)(C)c1ccccc1)[O][Sn]([CH2]C(C)(C)c1ccccc1)([CH2]C(C)(C)c1ccccc1)[CH2]C(C)(C)c1ccccc1)c1ccccc1.O=C(CCS)OCC(CO)(CO)COCC(CO)(CO)CO. The topological polar surface area (TPSA) is 146 Å². The van der Waals surface area contributed by atoms with E-state index in [9.17, 15) is 31.7 Å². The number of esters is 1. The van der Waals surface area contributed by atoms with Crippen molar-refractivity contribution < 1.29 is 41.2 Å². The summed E-state index contributed by atoms with van der Waals surface area (Å²) in [6.07, 6.45) is 0.111. The average Bonchev–Trinajstić information content (AvgIpc) is 2.36. The number of hydrogen-bond donors (Lipinski definition) is 6. The van der Waals surface area contributed by atoms with Crippen LogP contribution in [-0.4, -0.2) is 128 Å². The largest absolute Gasteiger partial charge is 0.465 e. The van der Waals surface area contributed by atoms with E-state index in [1.54, 1.807) is 0 Å². The van der Waals surface area contributed by atoms with E-state index in [4.69, 9.17) is 9.47 Å². The molecule has 12 heteroatoms. The fraction of sp³-hybridized carbons (Fsp3) is 0.493. The second-order valence-electron chi connectivity index (χ2n) is 28.4. The van der Waals surface area contributed by atoms with E-state index in [0.29, 0.717) is 5.75 Å². The molecule has 0 amide bonds. The fourth-order valence-electron chi connectivity index (χ4n) is 13.3. The number of rotatable bonds is 33. The third-order valence-corrected chi connectivity index (χ3v) is 63.1. The molecule has 9 nitrogen and oxygen atoms in total. The van der Waals surface area contributed by atoms with Crippen LogP contribution < -0.4 is 0 Å². The first-order chi connectivity index (χ1) is 40.0. The maximum Gasteiger partial charge on any atom is 0.306 e. The van der Waals surface area contributed by atoms with E-state index in [1.807, 2.05) is 0 Å². The summed E-state index contributed by atoms with van der Waals surface area (Å²) in [6.45, 7) is 27.4. The average molecular weight is 1400 g/mol. The molecule has 0 aliphatic heterocycles. The van der Waals surface area contributed by atoms with Crippen molar-refractivity contribution in [1.82, 2.24) is 0 Å². The molecule has 0 aromatic heterocycles. The van der Waals surface area contributed by atoms with E-state index in [0.717, 1.165) is 26.6 Å². The molecule has 0 spiro atoms. The Balaban J connectivity index is 0.000000508. The molecule has 85 heavy (non-hydrogen) atoms. The van der Waals surface area contributed by atoms with Crippen LogP contribution in [0.5, 0.6) is 0 Å². The molecule has 6 aromatic carbocycles. The van der Waals surface area contributed by atoms with Crippen molar-refractivity contribution >= 4 is 56.2 Å². The monoisotopic (exact) mass is 1400 g/mol. The molecule has 0 aliphatic rings. The van der Waals surface area contributed by atoms with Gasteiger partial charge in [0.25, 0.3) is 0 Å². The molecule has 0 saturated carbocycles. The van der Waals surface area contributed by atoms with Crippen molar-refractivity contribution in [3.8, 4) is 0 Å². The van der Waals surface area contributed by atoms with Gasteiger partial charge in [-0.2, -0.15) is 12.6 Å². The molecular formula is C73H104O9SSn2. The second kappa shape index (κ2) is 31.8. The summed E-state index contributed by atoms with van der Waals surface area (Å²) in [4.78, 5) is 11.3. The van der Waals surface area contributed by atoms with Gasteiger partial charge in [-0.3, -0.25) is 4.79 Å². The maximum absolute atomic E-state index is 11.3. The van der Waals surface area contributed by atoms with E-state index < -0.39 is 87.4 Å². The minimum atomic E-state index is -4.11. The standard InChI is InChI=1S/C13H26O8S.6C10H13.O.2Sn/c14-3-12(4-15,5-16)8-20-9-13(6-17,7-18)10-21-11(19)1-2-22;6*1-10(2,3)9-7-5-4-6-8-9;;;/h14-18,22H,1-10H2;6*4-8H,1H2,2-3H3;;;. The summed E-state index contributed by atoms with van der Waals surface area (Å²) in [5, 5.41) is 46.4. The molecule has 5 N–H and O–H groups in total. The molecule has 0 unspecified atom stereocenters. The second-order valence-corrected chi connectivity index (χ2v) is 52.9. The van der Waals surface area contributed by atoms with Gasteiger partial charge in [0.1, 0.15) is 6.61 Å². The van der Waals surface area contributed by atoms with Gasteiger partial charge in [0.2, 0.25) is 0 Å². The predicted octanol–water partition coefficient (Wildman–Crippen LogP) is 14.6. The Morgan fingerprint density at radius 2 is 0.565 bits per heavy atom. The van der Waals surface area contributed by atoms with E-state index in [2.05, 4.69) is 278 Å². The quantitative estimate of drug-likeness (QED) is 0.0135. The molecular weight excluding hydrogens is 1290 g/mol. The van der Waals surface area contributed by atoms with Crippen LogP contribution >= 0.6 is 12.6 Å². The minimum Gasteiger partial charge on any atom is -0.465 e. The van der Waals surface area contributed by atoms with Crippen molar-refractivity contribution in [3.05, 3.63) is 215 Å². The first-order valence-electron chi connectivity index (χ1n) is 30.5. The van der Waals surface area contributed by atoms with Crippen LogP contribution in [0, 0.1) is 10.8 Å². The molecule has 464 valence electrons. The zero-order valence-electron chi connectivity index (χ0n) is 53.5. The van der Waals surface area contributed by atoms with Crippen molar-refractivity contribution in [2.45, 2.75) is 149 Å². The normalized spacial score (nSPS) is 13.2. The Morgan fingerprint density at radius 3 is 0.765 bits per heavy atom. The number of ether oxygens (including phenoxy) is 2. The number of benzene rings is 6. The van der Waals surface area contributed by atoms with Gasteiger partial charge < -0.3 is 35.0 Å². The number of aliphatic hydroxyl groups excluding tert-OH is 5. The van der Waals surface area contributed by atoms with Crippen LogP contribution in [0.3, 0.4) is 0 Å². The molecule has 0 radical (unpaired) electrons. The number of hydrogen-bond acceptors (Lipinski definition) is 10. The van der Waals surface area contributed by atoms with Crippen molar-refractivity contribution in [2.75, 3.05) is 58.6 Å². The van der Waals surface area contributed by atoms with E-state index >= 15 is 0 Å². The number of thiol groups is 1. The molecule has 0 aliphatic carbocycles. The van der Waals surface area contributed by atoms with Crippen molar-refractivity contribution in [3.63, 3.8) is 0 Å². The minimum absolute atomic E-state index is 0.0900. The summed E-state index contributed by atoms with van der Waals surface area (Å²) in [6, 6.07) is 68.6. The van der Waals surface area contributed by atoms with Crippen molar-refractivity contribution in [2.24, 2.45) is 10.8 Å². The Labute approximate surface area is 526 Å². The molecule has 0 bridgehead atoms. The maximum atomic E-state index is 11.3. The third kappa shape index (κ3) is 20.8. The summed E-state index contributed by atoms with van der Waals surface area (Å²) >= 11 is -4.33.